The molecular weight excluding hydrogens is 491 g/mol. The van der Waals surface area contributed by atoms with Crippen LogP contribution in [0.2, 0.25) is 0 Å². The zero-order chi connectivity index (χ0) is 25.4. The molecule has 2 aromatic carbocycles. The minimum Gasteiger partial charge on any atom is -0.456 e. The number of aliphatic hydroxyl groups is 1. The number of β-lactam (4-membered cyclic amide) rings is 1. The highest BCUT2D eigenvalue weighted by atomic mass is 32.2. The summed E-state index contributed by atoms with van der Waals surface area (Å²) in [6.45, 7) is -0.228. The first-order valence-corrected chi connectivity index (χ1v) is 12.0. The minimum atomic E-state index is -5.08. The average molecular weight is 511 g/mol. The number of aliphatic hydroxyl groups excluding tert-OH is 1. The summed E-state index contributed by atoms with van der Waals surface area (Å²) >= 11 is 0. The Morgan fingerprint density at radius 2 is 1.63 bits per heavy atom. The van der Waals surface area contributed by atoms with E-state index in [0.29, 0.717) is 16.0 Å². The molecule has 2 aromatic rings. The van der Waals surface area contributed by atoms with Crippen molar-refractivity contribution in [3.05, 3.63) is 83.2 Å². The van der Waals surface area contributed by atoms with Gasteiger partial charge in [0.25, 0.3) is 0 Å². The van der Waals surface area contributed by atoms with Crippen LogP contribution in [0.15, 0.2) is 72.1 Å². The van der Waals surface area contributed by atoms with Crippen molar-refractivity contribution in [2.75, 3.05) is 0 Å². The molecule has 0 aromatic heterocycles. The molecule has 0 radical (unpaired) electrons. The molecule has 0 aliphatic carbocycles. The van der Waals surface area contributed by atoms with E-state index >= 15 is 0 Å². The number of halogens is 3. The zero-order valence-electron chi connectivity index (χ0n) is 18.0. The van der Waals surface area contributed by atoms with Crippen molar-refractivity contribution >= 4 is 22.0 Å². The molecule has 1 fully saturated rings. The van der Waals surface area contributed by atoms with Crippen LogP contribution in [0.1, 0.15) is 17.5 Å². The Morgan fingerprint density at radius 1 is 1.06 bits per heavy atom. The summed E-state index contributed by atoms with van der Waals surface area (Å²) < 4.78 is 74.8. The molecule has 12 heteroatoms. The zero-order valence-corrected chi connectivity index (χ0v) is 18.8. The number of carbonyl (C=O) groups excluding carboxylic acids is 2. The molecule has 2 aliphatic rings. The number of fused-ring (bicyclic) bond motifs is 1. The van der Waals surface area contributed by atoms with Crippen LogP contribution in [-0.4, -0.2) is 48.6 Å². The molecular formula is C23H20F3NO7S. The van der Waals surface area contributed by atoms with Crippen molar-refractivity contribution in [3.8, 4) is 0 Å². The molecule has 4 rings (SSSR count). The van der Waals surface area contributed by atoms with Crippen LogP contribution in [0.3, 0.4) is 0 Å². The van der Waals surface area contributed by atoms with Gasteiger partial charge < -0.3 is 14.0 Å². The van der Waals surface area contributed by atoms with E-state index < -0.39 is 69.9 Å². The maximum absolute atomic E-state index is 13.1. The molecule has 1 amide bonds. The summed E-state index contributed by atoms with van der Waals surface area (Å²) in [5.41, 5.74) is 0.387. The minimum absolute atomic E-state index is 0.228. The number of esters is 1. The van der Waals surface area contributed by atoms with E-state index in [2.05, 4.69) is 0 Å². The van der Waals surface area contributed by atoms with Gasteiger partial charge in [-0.2, -0.15) is 21.6 Å². The summed E-state index contributed by atoms with van der Waals surface area (Å²) in [5.74, 6) is -5.28. The lowest BCUT2D eigenvalue weighted by molar-refractivity contribution is -0.236. The van der Waals surface area contributed by atoms with Crippen molar-refractivity contribution in [2.45, 2.75) is 37.1 Å². The van der Waals surface area contributed by atoms with Gasteiger partial charge in [0.1, 0.15) is 12.4 Å². The predicted octanol–water partition coefficient (Wildman–Crippen LogP) is 2.64. The first-order chi connectivity index (χ1) is 16.5. The molecule has 3 unspecified atom stereocenters. The van der Waals surface area contributed by atoms with Crippen LogP contribution in [0.5, 0.6) is 0 Å². The highest BCUT2D eigenvalue weighted by Gasteiger charge is 2.63. The molecule has 1 saturated heterocycles. The second kappa shape index (κ2) is 9.34. The monoisotopic (exact) mass is 511 g/mol. The molecule has 35 heavy (non-hydrogen) atoms. The van der Waals surface area contributed by atoms with Crippen molar-refractivity contribution in [3.63, 3.8) is 0 Å². The maximum atomic E-state index is 13.1. The van der Waals surface area contributed by atoms with E-state index in [9.17, 15) is 36.3 Å². The Morgan fingerprint density at radius 3 is 2.20 bits per heavy atom. The van der Waals surface area contributed by atoms with Crippen LogP contribution >= 0.6 is 0 Å². The molecule has 3 atom stereocenters. The third-order valence-corrected chi connectivity index (χ3v) is 6.81. The van der Waals surface area contributed by atoms with Gasteiger partial charge >= 0.3 is 22.3 Å². The van der Waals surface area contributed by atoms with E-state index in [1.165, 1.54) is 12.1 Å². The first kappa shape index (κ1) is 24.7. The maximum Gasteiger partial charge on any atom is 0.415 e. The van der Waals surface area contributed by atoms with Crippen LogP contribution in [0.4, 0.5) is 13.2 Å². The van der Waals surface area contributed by atoms with Gasteiger partial charge in [0, 0.05) is 6.42 Å². The molecule has 1 N–H and O–H groups in total. The quantitative estimate of drug-likeness (QED) is 0.330. The van der Waals surface area contributed by atoms with E-state index in [-0.39, 0.29) is 6.61 Å². The van der Waals surface area contributed by atoms with Gasteiger partial charge in [-0.1, -0.05) is 60.7 Å². The van der Waals surface area contributed by atoms with Crippen molar-refractivity contribution < 1.29 is 45.2 Å². The summed E-state index contributed by atoms with van der Waals surface area (Å²) in [4.78, 5) is 26.1. The summed E-state index contributed by atoms with van der Waals surface area (Å²) in [7, 11) is -4.34. The Bertz CT molecular complexity index is 1250. The fourth-order valence-corrected chi connectivity index (χ4v) is 5.18. The number of hydrogen-bond donors (Lipinski definition) is 1. The SMILES string of the molecule is O=C(OCc1ccccc1)C1=C(OS(=O)(=O)Cc2ccccc2)CC2C(C(O)C(F)(F)F)C(=O)N12. The van der Waals surface area contributed by atoms with Gasteiger partial charge in [0.2, 0.25) is 5.91 Å². The van der Waals surface area contributed by atoms with E-state index in [0.717, 1.165) is 0 Å². The molecule has 2 heterocycles. The predicted molar refractivity (Wildman–Crippen MR) is 114 cm³/mol. The number of benzene rings is 2. The van der Waals surface area contributed by atoms with Crippen LogP contribution in [0, 0.1) is 5.92 Å². The lowest BCUT2D eigenvalue weighted by Gasteiger charge is -2.45. The van der Waals surface area contributed by atoms with Gasteiger partial charge in [-0.3, -0.25) is 9.69 Å². The van der Waals surface area contributed by atoms with Gasteiger partial charge in [-0.05, 0) is 11.1 Å². The van der Waals surface area contributed by atoms with Crippen LogP contribution < -0.4 is 0 Å². The number of amides is 1. The first-order valence-electron chi connectivity index (χ1n) is 10.5. The van der Waals surface area contributed by atoms with Crippen molar-refractivity contribution in [2.24, 2.45) is 5.92 Å². The van der Waals surface area contributed by atoms with Crippen LogP contribution in [0.25, 0.3) is 0 Å². The molecule has 0 saturated carbocycles. The average Bonchev–Trinajstić information content (AvgIpc) is 3.11. The number of ether oxygens (including phenoxy) is 1. The molecule has 0 spiro atoms. The smallest absolute Gasteiger partial charge is 0.415 e. The Balaban J connectivity index is 1.60. The number of rotatable bonds is 8. The molecule has 2 aliphatic heterocycles. The largest absolute Gasteiger partial charge is 0.456 e. The summed E-state index contributed by atoms with van der Waals surface area (Å²) in [6.07, 6.45) is -8.56. The lowest BCUT2D eigenvalue weighted by atomic mass is 9.82. The molecule has 186 valence electrons. The Labute approximate surface area is 198 Å². The van der Waals surface area contributed by atoms with Gasteiger partial charge in [0.05, 0.1) is 12.0 Å². The fraction of sp³-hybridized carbons (Fsp3) is 0.304. The Hall–Kier alpha value is -3.38. The lowest BCUT2D eigenvalue weighted by Crippen LogP contribution is -2.64. The molecule has 0 bridgehead atoms. The number of alkyl halides is 3. The Kier molecular flexibility index (Phi) is 6.60. The van der Waals surface area contributed by atoms with Gasteiger partial charge in [-0.25, -0.2) is 4.79 Å². The normalized spacial score (nSPS) is 20.8. The van der Waals surface area contributed by atoms with Gasteiger partial charge in [-0.15, -0.1) is 0 Å². The second-order valence-electron chi connectivity index (χ2n) is 8.10. The third kappa shape index (κ3) is 5.17. The summed E-state index contributed by atoms with van der Waals surface area (Å²) in [6, 6.07) is 15.1. The number of hydrogen-bond acceptors (Lipinski definition) is 7. The highest BCUT2D eigenvalue weighted by Crippen LogP contribution is 2.47. The van der Waals surface area contributed by atoms with E-state index in [1.54, 1.807) is 48.5 Å². The highest BCUT2D eigenvalue weighted by molar-refractivity contribution is 7.86. The van der Waals surface area contributed by atoms with Crippen molar-refractivity contribution in [1.29, 1.82) is 0 Å². The molecule has 8 nitrogen and oxygen atoms in total. The fourth-order valence-electron chi connectivity index (χ4n) is 4.07. The van der Waals surface area contributed by atoms with E-state index in [4.69, 9.17) is 8.92 Å². The second-order valence-corrected chi connectivity index (χ2v) is 9.67. The topological polar surface area (TPSA) is 110 Å². The van der Waals surface area contributed by atoms with Gasteiger partial charge in [0.15, 0.2) is 17.6 Å². The summed E-state index contributed by atoms with van der Waals surface area (Å²) in [5, 5.41) is 9.65. The third-order valence-electron chi connectivity index (χ3n) is 5.66. The van der Waals surface area contributed by atoms with E-state index in [1.807, 2.05) is 0 Å². The number of nitrogens with zero attached hydrogens (tertiary/aromatic N) is 1. The number of carbonyl (C=O) groups is 2. The van der Waals surface area contributed by atoms with Crippen LogP contribution in [-0.2, 0) is 41.0 Å². The standard InChI is InChI=1S/C23H20F3NO7S/c24-23(25,26)20(28)18-16-11-17(34-35(31,32)13-15-9-5-2-6-10-15)19(27(16)21(18)29)22(30)33-12-14-7-3-1-4-8-14/h1-10,16,18,20,28H,11-13H2. The van der Waals surface area contributed by atoms with Crippen molar-refractivity contribution in [1.82, 2.24) is 4.90 Å².